The number of alkyl halides is 3. The van der Waals surface area contributed by atoms with E-state index < -0.39 is 29.7 Å². The van der Waals surface area contributed by atoms with Crippen molar-refractivity contribution in [1.29, 1.82) is 0 Å². The predicted octanol–water partition coefficient (Wildman–Crippen LogP) is 4.62. The SMILES string of the molecule is COc1cc(OC)c(C(c2cccc(C(F)(F)F)c2)N2CCC(C(=O)O)CC2)cc1OC. The molecule has 3 rings (SSSR count). The van der Waals surface area contributed by atoms with Crippen molar-refractivity contribution in [3.63, 3.8) is 0 Å². The molecule has 0 spiro atoms. The van der Waals surface area contributed by atoms with Gasteiger partial charge in [-0.2, -0.15) is 13.2 Å². The van der Waals surface area contributed by atoms with Crippen LogP contribution in [0.5, 0.6) is 17.2 Å². The highest BCUT2D eigenvalue weighted by atomic mass is 19.4. The quantitative estimate of drug-likeness (QED) is 0.660. The number of piperidine rings is 1. The fourth-order valence-electron chi connectivity index (χ4n) is 4.14. The van der Waals surface area contributed by atoms with Crippen LogP contribution < -0.4 is 14.2 Å². The van der Waals surface area contributed by atoms with Crippen LogP contribution in [0.25, 0.3) is 0 Å². The van der Waals surface area contributed by atoms with Crippen molar-refractivity contribution >= 4 is 5.97 Å². The van der Waals surface area contributed by atoms with Crippen molar-refractivity contribution < 1.29 is 37.3 Å². The molecule has 1 unspecified atom stereocenters. The zero-order chi connectivity index (χ0) is 23.5. The third kappa shape index (κ3) is 4.93. The number of carboxylic acids is 1. The van der Waals surface area contributed by atoms with Gasteiger partial charge in [0.2, 0.25) is 0 Å². The van der Waals surface area contributed by atoms with Gasteiger partial charge in [0.1, 0.15) is 5.75 Å². The zero-order valence-corrected chi connectivity index (χ0v) is 18.1. The van der Waals surface area contributed by atoms with Gasteiger partial charge in [-0.05, 0) is 49.7 Å². The minimum absolute atomic E-state index is 0.403. The second-order valence-corrected chi connectivity index (χ2v) is 7.62. The van der Waals surface area contributed by atoms with E-state index in [1.165, 1.54) is 27.4 Å². The molecule has 6 nitrogen and oxygen atoms in total. The number of nitrogens with zero attached hydrogens (tertiary/aromatic N) is 1. The van der Waals surface area contributed by atoms with Gasteiger partial charge in [-0.15, -0.1) is 0 Å². The number of halogens is 3. The summed E-state index contributed by atoms with van der Waals surface area (Å²) < 4.78 is 56.6. The monoisotopic (exact) mass is 453 g/mol. The maximum absolute atomic E-state index is 13.4. The molecule has 0 radical (unpaired) electrons. The summed E-state index contributed by atoms with van der Waals surface area (Å²) in [6, 6.07) is 7.92. The molecule has 1 N–H and O–H groups in total. The average Bonchev–Trinajstić information content (AvgIpc) is 2.78. The number of benzene rings is 2. The first kappa shape index (κ1) is 23.7. The van der Waals surface area contributed by atoms with E-state index >= 15 is 0 Å². The molecule has 1 fully saturated rings. The standard InChI is InChI=1S/C23H26F3NO5/c1-30-18-13-20(32-3)19(31-2)12-17(18)21(27-9-7-14(8-10-27)22(28)29)15-5-4-6-16(11-15)23(24,25)26/h4-6,11-14,21H,7-10H2,1-3H3,(H,28,29). The van der Waals surface area contributed by atoms with E-state index in [-0.39, 0.29) is 0 Å². The Hall–Kier alpha value is -2.94. The molecule has 32 heavy (non-hydrogen) atoms. The lowest BCUT2D eigenvalue weighted by Gasteiger charge is -2.38. The predicted molar refractivity (Wildman–Crippen MR) is 111 cm³/mol. The lowest BCUT2D eigenvalue weighted by molar-refractivity contribution is -0.143. The van der Waals surface area contributed by atoms with E-state index in [4.69, 9.17) is 14.2 Å². The fraction of sp³-hybridized carbons (Fsp3) is 0.435. The number of rotatable bonds is 7. The topological polar surface area (TPSA) is 68.2 Å². The number of hydrogen-bond acceptors (Lipinski definition) is 5. The van der Waals surface area contributed by atoms with Crippen LogP contribution in [0.2, 0.25) is 0 Å². The fourth-order valence-corrected chi connectivity index (χ4v) is 4.14. The molecule has 2 aromatic rings. The second kappa shape index (κ2) is 9.68. The van der Waals surface area contributed by atoms with Crippen LogP contribution in [-0.4, -0.2) is 50.4 Å². The van der Waals surface area contributed by atoms with E-state index in [1.807, 2.05) is 4.90 Å². The summed E-state index contributed by atoms with van der Waals surface area (Å²) in [4.78, 5) is 13.4. The Kier molecular flexibility index (Phi) is 7.18. The highest BCUT2D eigenvalue weighted by Crippen LogP contribution is 2.43. The van der Waals surface area contributed by atoms with Crippen molar-refractivity contribution in [1.82, 2.24) is 4.90 Å². The summed E-state index contributed by atoms with van der Waals surface area (Å²) in [6.45, 7) is 0.824. The first-order chi connectivity index (χ1) is 15.2. The van der Waals surface area contributed by atoms with Gasteiger partial charge in [-0.25, -0.2) is 0 Å². The molecule has 174 valence electrons. The summed E-state index contributed by atoms with van der Waals surface area (Å²) >= 11 is 0. The van der Waals surface area contributed by atoms with Gasteiger partial charge in [0.15, 0.2) is 11.5 Å². The highest BCUT2D eigenvalue weighted by molar-refractivity contribution is 5.70. The van der Waals surface area contributed by atoms with E-state index in [0.717, 1.165) is 12.1 Å². The van der Waals surface area contributed by atoms with E-state index in [1.54, 1.807) is 18.2 Å². The van der Waals surface area contributed by atoms with E-state index in [9.17, 15) is 23.1 Å². The Labute approximate surface area is 184 Å². The first-order valence-corrected chi connectivity index (χ1v) is 10.1. The van der Waals surface area contributed by atoms with E-state index in [0.29, 0.717) is 54.3 Å². The number of carbonyl (C=O) groups is 1. The van der Waals surface area contributed by atoms with Crippen LogP contribution in [-0.2, 0) is 11.0 Å². The van der Waals surface area contributed by atoms with Crippen LogP contribution >= 0.6 is 0 Å². The third-order valence-corrected chi connectivity index (χ3v) is 5.80. The van der Waals surface area contributed by atoms with Crippen LogP contribution in [0.1, 0.15) is 35.6 Å². The Bertz CT molecular complexity index is 955. The summed E-state index contributed by atoms with van der Waals surface area (Å²) in [5, 5.41) is 9.34. The molecule has 0 aromatic heterocycles. The molecule has 1 atom stereocenters. The lowest BCUT2D eigenvalue weighted by atomic mass is 9.90. The molecule has 0 bridgehead atoms. The molecular formula is C23H26F3NO5. The Balaban J connectivity index is 2.13. The lowest BCUT2D eigenvalue weighted by Crippen LogP contribution is -2.39. The minimum Gasteiger partial charge on any atom is -0.496 e. The molecule has 2 aromatic carbocycles. The summed E-state index contributed by atoms with van der Waals surface area (Å²) in [7, 11) is 4.44. The normalized spacial score (nSPS) is 16.4. The first-order valence-electron chi connectivity index (χ1n) is 10.1. The van der Waals surface area contributed by atoms with Crippen LogP contribution in [0.15, 0.2) is 36.4 Å². The van der Waals surface area contributed by atoms with Gasteiger partial charge in [0, 0.05) is 11.6 Å². The summed E-state index contributed by atoms with van der Waals surface area (Å²) in [5.74, 6) is -0.0451. The number of likely N-dealkylation sites (tertiary alicyclic amines) is 1. The molecule has 1 aliphatic rings. The Morgan fingerprint density at radius 3 is 2.12 bits per heavy atom. The van der Waals surface area contributed by atoms with Gasteiger partial charge < -0.3 is 19.3 Å². The van der Waals surface area contributed by atoms with Crippen molar-refractivity contribution in [2.24, 2.45) is 5.92 Å². The molecule has 1 heterocycles. The maximum atomic E-state index is 13.4. The smallest absolute Gasteiger partial charge is 0.416 e. The van der Waals surface area contributed by atoms with Crippen molar-refractivity contribution in [3.05, 3.63) is 53.1 Å². The summed E-state index contributed by atoms with van der Waals surface area (Å²) in [5.41, 5.74) is 0.289. The van der Waals surface area contributed by atoms with Gasteiger partial charge in [0.05, 0.1) is 38.9 Å². The van der Waals surface area contributed by atoms with Crippen LogP contribution in [0.3, 0.4) is 0 Å². The van der Waals surface area contributed by atoms with Crippen LogP contribution in [0.4, 0.5) is 13.2 Å². The van der Waals surface area contributed by atoms with Gasteiger partial charge in [0.25, 0.3) is 0 Å². The van der Waals surface area contributed by atoms with Crippen molar-refractivity contribution in [3.8, 4) is 17.2 Å². The van der Waals surface area contributed by atoms with Gasteiger partial charge >= 0.3 is 12.1 Å². The maximum Gasteiger partial charge on any atom is 0.416 e. The van der Waals surface area contributed by atoms with Crippen LogP contribution in [0, 0.1) is 5.92 Å². The number of hydrogen-bond donors (Lipinski definition) is 1. The summed E-state index contributed by atoms with van der Waals surface area (Å²) in [6.07, 6.45) is -3.68. The van der Waals surface area contributed by atoms with Gasteiger partial charge in [-0.1, -0.05) is 12.1 Å². The zero-order valence-electron chi connectivity index (χ0n) is 18.1. The Morgan fingerprint density at radius 1 is 1.00 bits per heavy atom. The molecule has 0 amide bonds. The van der Waals surface area contributed by atoms with Crippen molar-refractivity contribution in [2.75, 3.05) is 34.4 Å². The molecule has 0 aliphatic carbocycles. The molecular weight excluding hydrogens is 427 g/mol. The number of methoxy groups -OCH3 is 3. The molecule has 1 saturated heterocycles. The highest BCUT2D eigenvalue weighted by Gasteiger charge is 2.35. The number of aliphatic carboxylic acids is 1. The largest absolute Gasteiger partial charge is 0.496 e. The van der Waals surface area contributed by atoms with Crippen molar-refractivity contribution in [2.45, 2.75) is 25.1 Å². The molecule has 9 heteroatoms. The van der Waals surface area contributed by atoms with Gasteiger partial charge in [-0.3, -0.25) is 9.69 Å². The molecule has 1 aliphatic heterocycles. The Morgan fingerprint density at radius 2 is 1.59 bits per heavy atom. The van der Waals surface area contributed by atoms with E-state index in [2.05, 4.69) is 0 Å². The third-order valence-electron chi connectivity index (χ3n) is 5.80. The average molecular weight is 453 g/mol. The minimum atomic E-state index is -4.49. The number of ether oxygens (including phenoxy) is 3. The number of carboxylic acid groups (broad SMARTS) is 1. The second-order valence-electron chi connectivity index (χ2n) is 7.62. The molecule has 0 saturated carbocycles.